The fourth-order valence-electron chi connectivity index (χ4n) is 4.99. The average Bonchev–Trinajstić information content (AvgIpc) is 3.16. The minimum Gasteiger partial charge on any atom is -0.480 e. The Hall–Kier alpha value is -3.79. The Morgan fingerprint density at radius 3 is 2.35 bits per heavy atom. The van der Waals surface area contributed by atoms with Gasteiger partial charge in [-0.2, -0.15) is 0 Å². The highest BCUT2D eigenvalue weighted by molar-refractivity contribution is 5.91. The molecular weight excluding hydrogens is 432 g/mol. The Labute approximate surface area is 199 Å². The maximum atomic E-state index is 13.2. The summed E-state index contributed by atoms with van der Waals surface area (Å²) in [7, 11) is 0. The van der Waals surface area contributed by atoms with E-state index >= 15 is 0 Å². The van der Waals surface area contributed by atoms with Crippen LogP contribution in [0.4, 0.5) is 4.79 Å². The van der Waals surface area contributed by atoms with Gasteiger partial charge in [-0.25, -0.2) is 9.59 Å². The molecule has 0 spiro atoms. The van der Waals surface area contributed by atoms with E-state index in [1.54, 1.807) is 0 Å². The number of terminal acetylenes is 1. The van der Waals surface area contributed by atoms with E-state index in [1.165, 1.54) is 11.8 Å². The number of likely N-dealkylation sites (tertiary alicyclic amines) is 1. The number of carboxylic acid groups (broad SMARTS) is 1. The van der Waals surface area contributed by atoms with Crippen molar-refractivity contribution in [2.45, 2.75) is 50.1 Å². The summed E-state index contributed by atoms with van der Waals surface area (Å²) in [6, 6.07) is 15.0. The third-order valence-electron chi connectivity index (χ3n) is 6.87. The molecule has 2 aromatic rings. The molecule has 0 saturated carbocycles. The average molecular weight is 461 g/mol. The first-order chi connectivity index (χ1) is 16.4. The minimum atomic E-state index is -1.33. The van der Waals surface area contributed by atoms with Crippen LogP contribution in [0.5, 0.6) is 0 Å². The molecular formula is C27H28N2O5. The van der Waals surface area contributed by atoms with Gasteiger partial charge in [0.15, 0.2) is 0 Å². The molecule has 0 bridgehead atoms. The fourth-order valence-corrected chi connectivity index (χ4v) is 4.99. The third-order valence-corrected chi connectivity index (χ3v) is 6.87. The molecule has 2 atom stereocenters. The third kappa shape index (κ3) is 4.24. The van der Waals surface area contributed by atoms with Crippen LogP contribution in [-0.4, -0.2) is 52.7 Å². The van der Waals surface area contributed by atoms with E-state index in [9.17, 15) is 19.5 Å². The predicted octanol–water partition coefficient (Wildman–Crippen LogP) is 3.77. The van der Waals surface area contributed by atoms with E-state index in [4.69, 9.17) is 11.2 Å². The normalized spacial score (nSPS) is 19.9. The van der Waals surface area contributed by atoms with E-state index in [2.05, 4.69) is 11.2 Å². The largest absolute Gasteiger partial charge is 0.480 e. The number of carboxylic acids is 1. The SMILES string of the molecule is C#CCC(NC(=O)OCC1c2ccccc2-c2ccccc21)C(=O)N1CCCCC1(C)C(=O)O. The standard InChI is InChI=1S/C27H28N2O5/c1-3-10-23(24(30)29-16-9-8-15-27(29,2)25(31)32)28-26(33)34-17-22-20-13-6-4-11-18(20)19-12-5-7-14-21(19)22/h1,4-7,11-14,22-23H,8-10,15-17H2,2H3,(H,28,33)(H,31,32). The van der Waals surface area contributed by atoms with Crippen LogP contribution in [0.25, 0.3) is 11.1 Å². The molecule has 2 N–H and O–H groups in total. The van der Waals surface area contributed by atoms with Gasteiger partial charge in [-0.05, 0) is 48.4 Å². The zero-order valence-corrected chi connectivity index (χ0v) is 19.1. The lowest BCUT2D eigenvalue weighted by Crippen LogP contribution is -2.61. The Morgan fingerprint density at radius 1 is 1.15 bits per heavy atom. The number of nitrogens with zero attached hydrogens (tertiary/aromatic N) is 1. The van der Waals surface area contributed by atoms with Gasteiger partial charge in [0.05, 0.1) is 0 Å². The summed E-state index contributed by atoms with van der Waals surface area (Å²) in [5, 5.41) is 12.3. The highest BCUT2D eigenvalue weighted by Gasteiger charge is 2.45. The van der Waals surface area contributed by atoms with Gasteiger partial charge in [0.2, 0.25) is 5.91 Å². The summed E-state index contributed by atoms with van der Waals surface area (Å²) in [4.78, 5) is 39.2. The van der Waals surface area contributed by atoms with Gasteiger partial charge in [-0.15, -0.1) is 12.3 Å². The van der Waals surface area contributed by atoms with Gasteiger partial charge in [0, 0.05) is 18.9 Å². The first-order valence-corrected chi connectivity index (χ1v) is 11.5. The summed E-state index contributed by atoms with van der Waals surface area (Å²) in [5.74, 6) is 0.722. The number of nitrogens with one attached hydrogen (secondary N) is 1. The molecule has 176 valence electrons. The van der Waals surface area contributed by atoms with Crippen LogP contribution in [0.1, 0.15) is 49.7 Å². The first kappa shape index (κ1) is 23.4. The van der Waals surface area contributed by atoms with Crippen molar-refractivity contribution in [1.29, 1.82) is 0 Å². The molecule has 0 aromatic heterocycles. The van der Waals surface area contributed by atoms with E-state index < -0.39 is 29.6 Å². The summed E-state index contributed by atoms with van der Waals surface area (Å²) in [6.45, 7) is 1.94. The summed E-state index contributed by atoms with van der Waals surface area (Å²) < 4.78 is 5.55. The molecule has 1 saturated heterocycles. The second-order valence-electron chi connectivity index (χ2n) is 8.96. The fraction of sp³-hybridized carbons (Fsp3) is 0.370. The van der Waals surface area contributed by atoms with Crippen LogP contribution in [0, 0.1) is 12.3 Å². The van der Waals surface area contributed by atoms with Crippen LogP contribution >= 0.6 is 0 Å². The summed E-state index contributed by atoms with van der Waals surface area (Å²) in [5.41, 5.74) is 3.07. The maximum absolute atomic E-state index is 13.2. The number of hydrogen-bond donors (Lipinski definition) is 2. The number of benzene rings is 2. The highest BCUT2D eigenvalue weighted by Crippen LogP contribution is 2.44. The van der Waals surface area contributed by atoms with E-state index in [0.717, 1.165) is 22.3 Å². The van der Waals surface area contributed by atoms with Crippen LogP contribution < -0.4 is 5.32 Å². The van der Waals surface area contributed by atoms with Crippen molar-refractivity contribution in [1.82, 2.24) is 10.2 Å². The Balaban J connectivity index is 1.46. The molecule has 7 heteroatoms. The molecule has 2 amide bonds. The monoisotopic (exact) mass is 460 g/mol. The Morgan fingerprint density at radius 2 is 1.76 bits per heavy atom. The van der Waals surface area contributed by atoms with Crippen LogP contribution in [0.15, 0.2) is 48.5 Å². The van der Waals surface area contributed by atoms with E-state index in [0.29, 0.717) is 25.8 Å². The zero-order chi connectivity index (χ0) is 24.3. The molecule has 2 aliphatic rings. The topological polar surface area (TPSA) is 95.9 Å². The molecule has 34 heavy (non-hydrogen) atoms. The van der Waals surface area contributed by atoms with Crippen LogP contribution in [0.3, 0.4) is 0 Å². The number of carbonyl (C=O) groups is 3. The van der Waals surface area contributed by atoms with Crippen molar-refractivity contribution in [3.8, 4) is 23.5 Å². The molecule has 0 radical (unpaired) electrons. The second kappa shape index (κ2) is 9.60. The first-order valence-electron chi connectivity index (χ1n) is 11.5. The van der Waals surface area contributed by atoms with Crippen molar-refractivity contribution in [2.24, 2.45) is 0 Å². The molecule has 2 unspecified atom stereocenters. The lowest BCUT2D eigenvalue weighted by molar-refractivity contribution is -0.161. The van der Waals surface area contributed by atoms with Crippen molar-refractivity contribution >= 4 is 18.0 Å². The maximum Gasteiger partial charge on any atom is 0.407 e. The predicted molar refractivity (Wildman–Crippen MR) is 127 cm³/mol. The summed E-state index contributed by atoms with van der Waals surface area (Å²) in [6.07, 6.45) is 6.39. The molecule has 2 aromatic carbocycles. The number of aliphatic carboxylic acids is 1. The smallest absolute Gasteiger partial charge is 0.407 e. The number of ether oxygens (including phenoxy) is 1. The highest BCUT2D eigenvalue weighted by atomic mass is 16.5. The van der Waals surface area contributed by atoms with E-state index in [1.807, 2.05) is 48.5 Å². The van der Waals surface area contributed by atoms with Gasteiger partial charge < -0.3 is 20.1 Å². The van der Waals surface area contributed by atoms with Gasteiger partial charge in [0.1, 0.15) is 18.2 Å². The number of hydrogen-bond acceptors (Lipinski definition) is 4. The van der Waals surface area contributed by atoms with Gasteiger partial charge in [-0.3, -0.25) is 4.79 Å². The number of fused-ring (bicyclic) bond motifs is 3. The van der Waals surface area contributed by atoms with Crippen molar-refractivity contribution < 1.29 is 24.2 Å². The Kier molecular flexibility index (Phi) is 6.60. The quantitative estimate of drug-likeness (QED) is 0.640. The molecule has 1 heterocycles. The van der Waals surface area contributed by atoms with Gasteiger partial charge in [-0.1, -0.05) is 48.5 Å². The lowest BCUT2D eigenvalue weighted by Gasteiger charge is -2.43. The van der Waals surface area contributed by atoms with E-state index in [-0.39, 0.29) is 18.9 Å². The molecule has 1 aliphatic carbocycles. The van der Waals surface area contributed by atoms with Gasteiger partial charge >= 0.3 is 12.1 Å². The van der Waals surface area contributed by atoms with Crippen molar-refractivity contribution in [3.05, 3.63) is 59.7 Å². The molecule has 4 rings (SSSR count). The number of rotatable bonds is 6. The van der Waals surface area contributed by atoms with Crippen molar-refractivity contribution in [2.75, 3.05) is 13.2 Å². The number of amides is 2. The molecule has 1 fully saturated rings. The van der Waals surface area contributed by atoms with Crippen LogP contribution in [0.2, 0.25) is 0 Å². The second-order valence-corrected chi connectivity index (χ2v) is 8.96. The zero-order valence-electron chi connectivity index (χ0n) is 19.1. The number of alkyl carbamates (subject to hydrolysis) is 1. The number of piperidine rings is 1. The summed E-state index contributed by atoms with van der Waals surface area (Å²) >= 11 is 0. The molecule has 1 aliphatic heterocycles. The van der Waals surface area contributed by atoms with Crippen LogP contribution in [-0.2, 0) is 14.3 Å². The lowest BCUT2D eigenvalue weighted by atomic mass is 9.87. The number of carbonyl (C=O) groups excluding carboxylic acids is 2. The Bertz CT molecular complexity index is 1110. The van der Waals surface area contributed by atoms with Gasteiger partial charge in [0.25, 0.3) is 0 Å². The van der Waals surface area contributed by atoms with Crippen molar-refractivity contribution in [3.63, 3.8) is 0 Å². The molecule has 7 nitrogen and oxygen atoms in total. The minimum absolute atomic E-state index is 0.0603.